The van der Waals surface area contributed by atoms with Gasteiger partial charge in [-0.3, -0.25) is 9.20 Å². The van der Waals surface area contributed by atoms with Gasteiger partial charge in [-0.15, -0.1) is 0 Å². The maximum absolute atomic E-state index is 13.6. The SMILES string of the molecule is CN(C)/C=C/C(=O)c1c(-c2ccc(F)cc2)nc2cc(C3CCN(C(=O)OCc4ccccc4)CC3)ccn12. The van der Waals surface area contributed by atoms with Gasteiger partial charge in [0, 0.05) is 51.2 Å². The zero-order chi connectivity index (χ0) is 27.4. The van der Waals surface area contributed by atoms with Crippen molar-refractivity contribution in [3.8, 4) is 11.3 Å². The molecule has 39 heavy (non-hydrogen) atoms. The van der Waals surface area contributed by atoms with E-state index in [0.29, 0.717) is 35.7 Å². The molecule has 2 aromatic carbocycles. The molecule has 0 spiro atoms. The van der Waals surface area contributed by atoms with Gasteiger partial charge in [-0.2, -0.15) is 0 Å². The van der Waals surface area contributed by atoms with Crippen LogP contribution in [0.4, 0.5) is 9.18 Å². The number of carbonyl (C=O) groups is 2. The van der Waals surface area contributed by atoms with Crippen LogP contribution in [0.5, 0.6) is 0 Å². The summed E-state index contributed by atoms with van der Waals surface area (Å²) in [6, 6.07) is 19.7. The predicted molar refractivity (Wildman–Crippen MR) is 148 cm³/mol. The highest BCUT2D eigenvalue weighted by atomic mass is 19.1. The number of ether oxygens (including phenoxy) is 1. The smallest absolute Gasteiger partial charge is 0.410 e. The Hall–Kier alpha value is -4.46. The zero-order valence-electron chi connectivity index (χ0n) is 22.1. The van der Waals surface area contributed by atoms with Gasteiger partial charge >= 0.3 is 6.09 Å². The van der Waals surface area contributed by atoms with E-state index < -0.39 is 0 Å². The van der Waals surface area contributed by atoms with Gasteiger partial charge in [-0.05, 0) is 66.3 Å². The normalized spacial score (nSPS) is 14.2. The summed E-state index contributed by atoms with van der Waals surface area (Å²) in [6.45, 7) is 1.48. The van der Waals surface area contributed by atoms with Crippen molar-refractivity contribution in [3.63, 3.8) is 0 Å². The van der Waals surface area contributed by atoms with E-state index in [4.69, 9.17) is 9.72 Å². The maximum atomic E-state index is 13.6. The molecule has 3 heterocycles. The number of rotatable bonds is 7. The Morgan fingerprint density at radius 2 is 1.77 bits per heavy atom. The lowest BCUT2D eigenvalue weighted by molar-refractivity contribution is 0.0870. The van der Waals surface area contributed by atoms with E-state index in [9.17, 15) is 14.0 Å². The molecule has 0 atom stereocenters. The summed E-state index contributed by atoms with van der Waals surface area (Å²) in [4.78, 5) is 34.1. The molecule has 5 rings (SSSR count). The van der Waals surface area contributed by atoms with Gasteiger partial charge in [0.05, 0.1) is 0 Å². The average molecular weight is 527 g/mol. The first-order valence-electron chi connectivity index (χ1n) is 13.0. The Balaban J connectivity index is 1.34. The van der Waals surface area contributed by atoms with Crippen molar-refractivity contribution in [1.82, 2.24) is 19.2 Å². The summed E-state index contributed by atoms with van der Waals surface area (Å²) in [7, 11) is 3.69. The van der Waals surface area contributed by atoms with Gasteiger partial charge < -0.3 is 14.5 Å². The second-order valence-electron chi connectivity index (χ2n) is 9.95. The van der Waals surface area contributed by atoms with E-state index in [2.05, 4.69) is 0 Å². The minimum atomic E-state index is -0.347. The molecular weight excluding hydrogens is 495 g/mol. The van der Waals surface area contributed by atoms with Crippen LogP contribution in [0.1, 0.15) is 40.4 Å². The molecule has 0 bridgehead atoms. The molecule has 0 N–H and O–H groups in total. The summed E-state index contributed by atoms with van der Waals surface area (Å²) in [5.41, 5.74) is 4.33. The van der Waals surface area contributed by atoms with Crippen molar-refractivity contribution < 1.29 is 18.7 Å². The van der Waals surface area contributed by atoms with E-state index in [-0.39, 0.29) is 30.2 Å². The third-order valence-corrected chi connectivity index (χ3v) is 6.96. The molecule has 7 nitrogen and oxygen atoms in total. The van der Waals surface area contributed by atoms with Crippen LogP contribution < -0.4 is 0 Å². The molecule has 0 unspecified atom stereocenters. The van der Waals surface area contributed by atoms with Gasteiger partial charge in [0.15, 0.2) is 0 Å². The predicted octanol–water partition coefficient (Wildman–Crippen LogP) is 5.91. The van der Waals surface area contributed by atoms with Crippen molar-refractivity contribution in [2.75, 3.05) is 27.2 Å². The minimum absolute atomic E-state index is 0.189. The third kappa shape index (κ3) is 6.00. The monoisotopic (exact) mass is 526 g/mol. The molecule has 4 aromatic rings. The number of nitrogens with zero attached hydrogens (tertiary/aromatic N) is 4. The van der Waals surface area contributed by atoms with Crippen LogP contribution in [0.3, 0.4) is 0 Å². The molecule has 200 valence electrons. The average Bonchev–Trinajstić information content (AvgIpc) is 3.34. The highest BCUT2D eigenvalue weighted by Crippen LogP contribution is 2.31. The minimum Gasteiger partial charge on any atom is -0.445 e. The lowest BCUT2D eigenvalue weighted by atomic mass is 9.90. The molecule has 0 aliphatic carbocycles. The number of likely N-dealkylation sites (tertiary alicyclic amines) is 1. The Labute approximate surface area is 227 Å². The number of carbonyl (C=O) groups excluding carboxylic acids is 2. The number of aromatic nitrogens is 2. The van der Waals surface area contributed by atoms with Gasteiger partial charge in [-0.25, -0.2) is 14.2 Å². The van der Waals surface area contributed by atoms with Crippen LogP contribution >= 0.6 is 0 Å². The highest BCUT2D eigenvalue weighted by molar-refractivity contribution is 6.08. The van der Waals surface area contributed by atoms with Crippen LogP contribution in [0.2, 0.25) is 0 Å². The topological polar surface area (TPSA) is 67.2 Å². The number of piperidine rings is 1. The lowest BCUT2D eigenvalue weighted by Crippen LogP contribution is -2.38. The number of imidazole rings is 1. The van der Waals surface area contributed by atoms with Gasteiger partial charge in [0.1, 0.15) is 29.5 Å². The molecule has 1 saturated heterocycles. The number of hydrogen-bond donors (Lipinski definition) is 0. The van der Waals surface area contributed by atoms with E-state index in [1.165, 1.54) is 18.2 Å². The fourth-order valence-corrected chi connectivity index (χ4v) is 4.86. The van der Waals surface area contributed by atoms with E-state index in [1.54, 1.807) is 32.5 Å². The second-order valence-corrected chi connectivity index (χ2v) is 9.95. The van der Waals surface area contributed by atoms with Gasteiger partial charge in [0.2, 0.25) is 5.78 Å². The molecule has 1 amide bonds. The van der Waals surface area contributed by atoms with Crippen LogP contribution in [-0.4, -0.2) is 58.2 Å². The molecule has 0 radical (unpaired) electrons. The summed E-state index contributed by atoms with van der Waals surface area (Å²) >= 11 is 0. The van der Waals surface area contributed by atoms with Crippen LogP contribution in [-0.2, 0) is 11.3 Å². The van der Waals surface area contributed by atoms with Crippen LogP contribution in [0.15, 0.2) is 85.2 Å². The summed E-state index contributed by atoms with van der Waals surface area (Å²) in [5, 5.41) is 0. The molecule has 1 fully saturated rings. The quantitative estimate of drug-likeness (QED) is 0.221. The number of benzene rings is 2. The standard InChI is InChI=1S/C31H31FN4O3/c1-34(2)16-15-27(37)30-29(24-8-10-26(32)11-9-24)33-28-20-25(14-19-36(28)30)23-12-17-35(18-13-23)31(38)39-21-22-6-4-3-5-7-22/h3-11,14-16,19-20,23H,12-13,17-18,21H2,1-2H3/b16-15+. The van der Waals surface area contributed by atoms with Crippen LogP contribution in [0.25, 0.3) is 16.9 Å². The first kappa shape index (κ1) is 26.2. The lowest BCUT2D eigenvalue weighted by Gasteiger charge is -2.31. The van der Waals surface area contributed by atoms with Crippen molar-refractivity contribution in [1.29, 1.82) is 0 Å². The Kier molecular flexibility index (Phi) is 7.72. The third-order valence-electron chi connectivity index (χ3n) is 6.96. The first-order valence-corrected chi connectivity index (χ1v) is 13.0. The number of allylic oxidation sites excluding steroid dienone is 1. The Morgan fingerprint density at radius 1 is 1.05 bits per heavy atom. The van der Waals surface area contributed by atoms with Crippen molar-refractivity contribution in [3.05, 3.63) is 108 Å². The first-order chi connectivity index (χ1) is 18.9. The molecular formula is C31H31FN4O3. The fraction of sp³-hybridized carbons (Fsp3) is 0.258. The Bertz CT molecular complexity index is 1490. The summed E-state index contributed by atoms with van der Waals surface area (Å²) in [5.74, 6) is -0.280. The van der Waals surface area contributed by atoms with Crippen molar-refractivity contribution in [2.24, 2.45) is 0 Å². The van der Waals surface area contributed by atoms with E-state index in [1.807, 2.05) is 62.8 Å². The van der Waals surface area contributed by atoms with E-state index >= 15 is 0 Å². The van der Waals surface area contributed by atoms with E-state index in [0.717, 1.165) is 24.0 Å². The number of pyridine rings is 1. The summed E-state index contributed by atoms with van der Waals surface area (Å²) < 4.78 is 20.9. The van der Waals surface area contributed by atoms with Crippen LogP contribution in [0, 0.1) is 5.82 Å². The number of fused-ring (bicyclic) bond motifs is 1. The molecule has 8 heteroatoms. The second kappa shape index (κ2) is 11.5. The fourth-order valence-electron chi connectivity index (χ4n) is 4.86. The van der Waals surface area contributed by atoms with Gasteiger partial charge in [-0.1, -0.05) is 30.3 Å². The number of halogens is 1. The molecule has 1 aliphatic rings. The molecule has 2 aromatic heterocycles. The number of amides is 1. The van der Waals surface area contributed by atoms with Crippen molar-refractivity contribution in [2.45, 2.75) is 25.4 Å². The summed E-state index contributed by atoms with van der Waals surface area (Å²) in [6.07, 6.45) is 6.40. The maximum Gasteiger partial charge on any atom is 0.410 e. The largest absolute Gasteiger partial charge is 0.445 e. The zero-order valence-corrected chi connectivity index (χ0v) is 22.1. The highest BCUT2D eigenvalue weighted by Gasteiger charge is 2.26. The Morgan fingerprint density at radius 3 is 2.46 bits per heavy atom. The molecule has 1 aliphatic heterocycles. The van der Waals surface area contributed by atoms with Gasteiger partial charge in [0.25, 0.3) is 0 Å². The van der Waals surface area contributed by atoms with Crippen molar-refractivity contribution >= 4 is 17.5 Å². The molecule has 0 saturated carbocycles. The number of ketones is 1. The number of hydrogen-bond acceptors (Lipinski definition) is 5.